The molecular weight excluding hydrogens is 647 g/mol. The van der Waals surface area contributed by atoms with Gasteiger partial charge in [-0.25, -0.2) is 0 Å². The highest BCUT2D eigenvalue weighted by molar-refractivity contribution is 7.20. The van der Waals surface area contributed by atoms with E-state index in [4.69, 9.17) is 0 Å². The molecule has 0 amide bonds. The summed E-state index contributed by atoms with van der Waals surface area (Å²) in [5, 5.41) is 14.8. The van der Waals surface area contributed by atoms with Gasteiger partial charge in [-0.2, -0.15) is 0 Å². The zero-order valence-electron chi connectivity index (χ0n) is 28.4. The predicted octanol–water partition coefficient (Wildman–Crippen LogP) is 6.19. The summed E-state index contributed by atoms with van der Waals surface area (Å²) in [6.07, 6.45) is 0. The van der Waals surface area contributed by atoms with Crippen LogP contribution in [0.2, 0.25) is 0 Å². The molecular formula is C48H39NSi2. The van der Waals surface area contributed by atoms with Crippen LogP contribution in [0.15, 0.2) is 231 Å². The summed E-state index contributed by atoms with van der Waals surface area (Å²) < 4.78 is 0. The van der Waals surface area contributed by atoms with Gasteiger partial charge in [-0.15, -0.1) is 0 Å². The van der Waals surface area contributed by atoms with Crippen LogP contribution in [0.5, 0.6) is 0 Å². The lowest BCUT2D eigenvalue weighted by atomic mass is 10.2. The zero-order chi connectivity index (χ0) is 34.4. The van der Waals surface area contributed by atoms with Crippen molar-refractivity contribution in [2.24, 2.45) is 0 Å². The number of nitrogens with one attached hydrogen (secondary N) is 1. The molecule has 0 aromatic heterocycles. The maximum absolute atomic E-state index is 3.88. The van der Waals surface area contributed by atoms with Gasteiger partial charge in [0.05, 0.1) is 0 Å². The average molecular weight is 686 g/mol. The SMILES string of the molecule is c1ccc([Si](c2ccccc2)(c2ccccc2)c2cccc(Nc3cccc([Si](c4ccccc4)(c4ccccc4)c4ccccc4)c3)c2)cc1. The van der Waals surface area contributed by atoms with Gasteiger partial charge in [0.25, 0.3) is 0 Å². The zero-order valence-corrected chi connectivity index (χ0v) is 30.4. The first-order valence-corrected chi connectivity index (χ1v) is 21.6. The number of benzene rings is 8. The molecule has 0 heterocycles. The third-order valence-corrected chi connectivity index (χ3v) is 19.7. The summed E-state index contributed by atoms with van der Waals surface area (Å²) in [6, 6.07) is 84.9. The van der Waals surface area contributed by atoms with Crippen molar-refractivity contribution < 1.29 is 0 Å². The third kappa shape index (κ3) is 5.97. The van der Waals surface area contributed by atoms with Crippen LogP contribution in [0.1, 0.15) is 0 Å². The van der Waals surface area contributed by atoms with E-state index >= 15 is 0 Å². The van der Waals surface area contributed by atoms with Crippen LogP contribution in [-0.4, -0.2) is 16.1 Å². The summed E-state index contributed by atoms with van der Waals surface area (Å²) in [6.45, 7) is 0. The van der Waals surface area contributed by atoms with Crippen LogP contribution in [0.4, 0.5) is 11.4 Å². The Morgan fingerprint density at radius 2 is 0.431 bits per heavy atom. The van der Waals surface area contributed by atoms with Gasteiger partial charge in [-0.3, -0.25) is 0 Å². The molecule has 0 aliphatic heterocycles. The molecule has 1 nitrogen and oxygen atoms in total. The second-order valence-corrected chi connectivity index (χ2v) is 20.6. The molecule has 1 N–H and O–H groups in total. The van der Waals surface area contributed by atoms with Crippen molar-refractivity contribution in [1.82, 2.24) is 0 Å². The normalized spacial score (nSPS) is 11.5. The fraction of sp³-hybridized carbons (Fsp3) is 0. The van der Waals surface area contributed by atoms with Gasteiger partial charge in [0, 0.05) is 11.4 Å². The lowest BCUT2D eigenvalue weighted by Crippen LogP contribution is -2.74. The molecule has 51 heavy (non-hydrogen) atoms. The Morgan fingerprint density at radius 1 is 0.216 bits per heavy atom. The van der Waals surface area contributed by atoms with E-state index in [-0.39, 0.29) is 0 Å². The number of hydrogen-bond acceptors (Lipinski definition) is 1. The molecule has 0 aliphatic rings. The Bertz CT molecular complexity index is 1950. The summed E-state index contributed by atoms with van der Waals surface area (Å²) in [5.74, 6) is 0. The molecule has 0 fully saturated rings. The van der Waals surface area contributed by atoms with Crippen molar-refractivity contribution in [2.45, 2.75) is 0 Å². The van der Waals surface area contributed by atoms with Crippen LogP contribution in [0, 0.1) is 0 Å². The fourth-order valence-electron chi connectivity index (χ4n) is 7.96. The van der Waals surface area contributed by atoms with Crippen molar-refractivity contribution in [3.05, 3.63) is 231 Å². The standard InChI is InChI=1S/C48H39NSi2/c1-7-23-41(24-8-1)50(42-25-9-2-10-26-42,43-27-11-3-12-28-43)47-35-19-21-39(37-47)49-40-22-20-36-48(38-40)51(44-29-13-4-14-30-44,45-31-15-5-16-32-45)46-33-17-6-18-34-46/h1-38,49H. The van der Waals surface area contributed by atoms with Gasteiger partial charge in [0.1, 0.15) is 0 Å². The second-order valence-electron chi connectivity index (χ2n) is 13.0. The number of hydrogen-bond donors (Lipinski definition) is 1. The summed E-state index contributed by atoms with van der Waals surface area (Å²) >= 11 is 0. The van der Waals surface area contributed by atoms with E-state index in [1.165, 1.54) is 41.5 Å². The summed E-state index contributed by atoms with van der Waals surface area (Å²) in [4.78, 5) is 0. The van der Waals surface area contributed by atoms with Gasteiger partial charge in [-0.1, -0.05) is 206 Å². The predicted molar refractivity (Wildman–Crippen MR) is 223 cm³/mol. The maximum Gasteiger partial charge on any atom is 0.179 e. The highest BCUT2D eigenvalue weighted by Crippen LogP contribution is 2.19. The first kappa shape index (κ1) is 32.2. The van der Waals surface area contributed by atoms with Gasteiger partial charge >= 0.3 is 0 Å². The van der Waals surface area contributed by atoms with Crippen LogP contribution >= 0.6 is 0 Å². The molecule has 0 spiro atoms. The van der Waals surface area contributed by atoms with E-state index in [1.807, 2.05) is 0 Å². The minimum Gasteiger partial charge on any atom is -0.356 e. The fourth-order valence-corrected chi connectivity index (χ4v) is 17.5. The Balaban J connectivity index is 1.28. The quantitative estimate of drug-likeness (QED) is 0.134. The van der Waals surface area contributed by atoms with E-state index in [0.717, 1.165) is 11.4 Å². The Kier molecular flexibility index (Phi) is 9.13. The topological polar surface area (TPSA) is 12.0 Å². The van der Waals surface area contributed by atoms with Crippen LogP contribution in [-0.2, 0) is 0 Å². The van der Waals surface area contributed by atoms with E-state index in [1.54, 1.807) is 0 Å². The smallest absolute Gasteiger partial charge is 0.179 e. The van der Waals surface area contributed by atoms with Crippen molar-refractivity contribution in [3.63, 3.8) is 0 Å². The average Bonchev–Trinajstić information content (AvgIpc) is 3.21. The first-order chi connectivity index (χ1) is 25.3. The molecule has 3 heteroatoms. The van der Waals surface area contributed by atoms with Gasteiger partial charge in [0.15, 0.2) is 16.1 Å². The molecule has 0 saturated heterocycles. The van der Waals surface area contributed by atoms with Gasteiger partial charge < -0.3 is 5.32 Å². The van der Waals surface area contributed by atoms with E-state index < -0.39 is 16.1 Å². The largest absolute Gasteiger partial charge is 0.356 e. The van der Waals surface area contributed by atoms with E-state index in [9.17, 15) is 0 Å². The van der Waals surface area contributed by atoms with Crippen molar-refractivity contribution >= 4 is 69.0 Å². The van der Waals surface area contributed by atoms with E-state index in [0.29, 0.717) is 0 Å². The van der Waals surface area contributed by atoms with Crippen molar-refractivity contribution in [3.8, 4) is 0 Å². The second kappa shape index (κ2) is 14.5. The minimum atomic E-state index is -2.65. The molecule has 0 bridgehead atoms. The molecule has 0 saturated carbocycles. The Hall–Kier alpha value is -6.01. The molecule has 0 atom stereocenters. The molecule has 0 aliphatic carbocycles. The lowest BCUT2D eigenvalue weighted by Gasteiger charge is -2.35. The molecule has 0 unspecified atom stereocenters. The molecule has 8 aromatic carbocycles. The van der Waals surface area contributed by atoms with Gasteiger partial charge in [0.2, 0.25) is 0 Å². The van der Waals surface area contributed by atoms with Crippen LogP contribution < -0.4 is 46.8 Å². The van der Waals surface area contributed by atoms with Crippen LogP contribution in [0.3, 0.4) is 0 Å². The van der Waals surface area contributed by atoms with Gasteiger partial charge in [-0.05, 0) is 65.8 Å². The minimum absolute atomic E-state index is 1.08. The van der Waals surface area contributed by atoms with Crippen molar-refractivity contribution in [2.75, 3.05) is 5.32 Å². The lowest BCUT2D eigenvalue weighted by molar-refractivity contribution is 1.56. The highest BCUT2D eigenvalue weighted by atomic mass is 28.3. The molecule has 8 rings (SSSR count). The summed E-state index contributed by atoms with van der Waals surface area (Å²) in [7, 11) is -5.31. The van der Waals surface area contributed by atoms with Crippen LogP contribution in [0.25, 0.3) is 0 Å². The summed E-state index contributed by atoms with van der Waals surface area (Å²) in [5.41, 5.74) is 2.16. The molecule has 0 radical (unpaired) electrons. The number of rotatable bonds is 10. The molecule has 8 aromatic rings. The highest BCUT2D eigenvalue weighted by Gasteiger charge is 2.42. The first-order valence-electron chi connectivity index (χ1n) is 17.6. The monoisotopic (exact) mass is 685 g/mol. The molecule has 244 valence electrons. The van der Waals surface area contributed by atoms with E-state index in [2.05, 4.69) is 236 Å². The third-order valence-electron chi connectivity index (χ3n) is 10.1. The maximum atomic E-state index is 3.88. The van der Waals surface area contributed by atoms with Crippen molar-refractivity contribution in [1.29, 1.82) is 0 Å². The Morgan fingerprint density at radius 3 is 0.667 bits per heavy atom. The Labute approximate surface area is 303 Å². The number of anilines is 2.